The number of nitrogens with two attached hydrogens (primary N) is 1. The van der Waals surface area contributed by atoms with E-state index in [-0.39, 0.29) is 11.9 Å². The van der Waals surface area contributed by atoms with Crippen LogP contribution in [0.4, 0.5) is 0 Å². The third-order valence-electron chi connectivity index (χ3n) is 4.38. The molecule has 3 aromatic rings. The molecule has 0 aliphatic heterocycles. The van der Waals surface area contributed by atoms with E-state index in [4.69, 9.17) is 15.2 Å². The highest BCUT2D eigenvalue weighted by Crippen LogP contribution is 2.33. The first-order chi connectivity index (χ1) is 13.4. The van der Waals surface area contributed by atoms with Gasteiger partial charge < -0.3 is 20.3 Å². The number of aromatic nitrogens is 2. The summed E-state index contributed by atoms with van der Waals surface area (Å²) in [5.74, 6) is -0.965. The van der Waals surface area contributed by atoms with Gasteiger partial charge in [-0.3, -0.25) is 0 Å². The fourth-order valence-electron chi connectivity index (χ4n) is 3.01. The monoisotopic (exact) mass is 379 g/mol. The average molecular weight is 379 g/mol. The van der Waals surface area contributed by atoms with Crippen LogP contribution in [-0.2, 0) is 10.3 Å². The number of methoxy groups -OCH3 is 1. The van der Waals surface area contributed by atoms with Gasteiger partial charge in [-0.2, -0.15) is 4.98 Å². The molecule has 144 valence electrons. The molecule has 0 spiro atoms. The van der Waals surface area contributed by atoms with E-state index < -0.39 is 17.6 Å². The molecule has 0 saturated heterocycles. The Bertz CT molecular complexity index is 909. The Morgan fingerprint density at radius 1 is 1.04 bits per heavy atom. The van der Waals surface area contributed by atoms with Crippen molar-refractivity contribution in [2.75, 3.05) is 7.11 Å². The topological polar surface area (TPSA) is 108 Å². The van der Waals surface area contributed by atoms with Gasteiger partial charge in [0.1, 0.15) is 5.54 Å². The maximum atomic E-state index is 12.2. The second kappa shape index (κ2) is 8.06. The molecule has 3 N–H and O–H groups in total. The Hall–Kier alpha value is -3.45. The lowest BCUT2D eigenvalue weighted by atomic mass is 9.79. The van der Waals surface area contributed by atoms with Crippen molar-refractivity contribution < 1.29 is 19.4 Å². The maximum absolute atomic E-state index is 12.2. The first-order valence-corrected chi connectivity index (χ1v) is 8.64. The van der Waals surface area contributed by atoms with Gasteiger partial charge in [0, 0.05) is 11.8 Å². The van der Waals surface area contributed by atoms with Crippen LogP contribution in [0.5, 0.6) is 11.9 Å². The summed E-state index contributed by atoms with van der Waals surface area (Å²) >= 11 is 0. The van der Waals surface area contributed by atoms with E-state index in [9.17, 15) is 9.90 Å². The highest BCUT2D eigenvalue weighted by molar-refractivity contribution is 5.76. The van der Waals surface area contributed by atoms with Crippen LogP contribution in [-0.4, -0.2) is 34.3 Å². The number of aliphatic carboxylic acids is 1. The Kier molecular flexibility index (Phi) is 5.56. The van der Waals surface area contributed by atoms with Crippen molar-refractivity contribution in [1.82, 2.24) is 9.97 Å². The number of benzene rings is 2. The molecule has 1 atom stereocenters. The number of carboxylic acid groups (broad SMARTS) is 1. The number of carboxylic acids is 1. The average Bonchev–Trinajstić information content (AvgIpc) is 2.72. The quantitative estimate of drug-likeness (QED) is 0.649. The summed E-state index contributed by atoms with van der Waals surface area (Å²) in [5.41, 5.74) is 7.03. The van der Waals surface area contributed by atoms with Gasteiger partial charge in [0.15, 0.2) is 0 Å². The molecule has 3 rings (SSSR count). The van der Waals surface area contributed by atoms with Gasteiger partial charge in [-0.1, -0.05) is 60.7 Å². The minimum atomic E-state index is -1.48. The zero-order chi connectivity index (χ0) is 20.1. The molecule has 0 aliphatic rings. The van der Waals surface area contributed by atoms with Gasteiger partial charge in [-0.15, -0.1) is 0 Å². The third-order valence-corrected chi connectivity index (χ3v) is 4.38. The molecule has 1 heterocycles. The van der Waals surface area contributed by atoms with Crippen LogP contribution in [0.25, 0.3) is 0 Å². The lowest BCUT2D eigenvalue weighted by molar-refractivity contribution is -0.148. The molecular weight excluding hydrogens is 358 g/mol. The minimum absolute atomic E-state index is 0.120. The van der Waals surface area contributed by atoms with Crippen LogP contribution in [0.2, 0.25) is 0 Å². The summed E-state index contributed by atoms with van der Waals surface area (Å²) < 4.78 is 10.9. The van der Waals surface area contributed by atoms with Crippen LogP contribution in [0, 0.1) is 6.92 Å². The molecule has 0 bridgehead atoms. The van der Waals surface area contributed by atoms with Gasteiger partial charge in [0.2, 0.25) is 12.0 Å². The number of hydrogen-bond donors (Lipinski definition) is 2. The van der Waals surface area contributed by atoms with Crippen LogP contribution >= 0.6 is 0 Å². The Morgan fingerprint density at radius 2 is 1.57 bits per heavy atom. The number of hydrogen-bond acceptors (Lipinski definition) is 6. The van der Waals surface area contributed by atoms with Crippen LogP contribution in [0.15, 0.2) is 66.7 Å². The van der Waals surface area contributed by atoms with Crippen LogP contribution < -0.4 is 15.2 Å². The van der Waals surface area contributed by atoms with Crippen molar-refractivity contribution >= 4 is 5.97 Å². The highest BCUT2D eigenvalue weighted by atomic mass is 16.5. The van der Waals surface area contributed by atoms with Gasteiger partial charge in [-0.05, 0) is 18.1 Å². The SMILES string of the molecule is COc1cc(C)nc(OC(C(=O)O)C(N)(c2ccccc2)c2ccccc2)n1. The maximum Gasteiger partial charge on any atom is 0.347 e. The summed E-state index contributed by atoms with van der Waals surface area (Å²) in [5, 5.41) is 10.00. The first kappa shape index (κ1) is 19.3. The molecule has 0 radical (unpaired) electrons. The summed E-state index contributed by atoms with van der Waals surface area (Å²) in [6.07, 6.45) is -1.48. The number of nitrogens with zero attached hydrogens (tertiary/aromatic N) is 2. The lowest BCUT2D eigenvalue weighted by Crippen LogP contribution is -2.55. The lowest BCUT2D eigenvalue weighted by Gasteiger charge is -2.35. The zero-order valence-electron chi connectivity index (χ0n) is 15.6. The molecule has 0 saturated carbocycles. The first-order valence-electron chi connectivity index (χ1n) is 8.64. The van der Waals surface area contributed by atoms with E-state index in [1.165, 1.54) is 7.11 Å². The van der Waals surface area contributed by atoms with E-state index in [1.807, 2.05) is 12.1 Å². The molecule has 1 unspecified atom stereocenters. The van der Waals surface area contributed by atoms with Crippen molar-refractivity contribution in [3.8, 4) is 11.9 Å². The molecule has 2 aromatic carbocycles. The van der Waals surface area contributed by atoms with Crippen molar-refractivity contribution in [2.24, 2.45) is 5.73 Å². The van der Waals surface area contributed by atoms with Gasteiger partial charge in [0.05, 0.1) is 7.11 Å². The molecule has 0 amide bonds. The van der Waals surface area contributed by atoms with Crippen LogP contribution in [0.3, 0.4) is 0 Å². The summed E-state index contributed by atoms with van der Waals surface area (Å²) in [6, 6.07) is 19.4. The summed E-state index contributed by atoms with van der Waals surface area (Å²) in [6.45, 7) is 1.73. The predicted octanol–water partition coefficient (Wildman–Crippen LogP) is 2.53. The van der Waals surface area contributed by atoms with Gasteiger partial charge in [0.25, 0.3) is 0 Å². The minimum Gasteiger partial charge on any atom is -0.481 e. The number of ether oxygens (including phenoxy) is 2. The molecule has 0 aliphatic carbocycles. The molecule has 1 aromatic heterocycles. The Labute approximate surface area is 162 Å². The fraction of sp³-hybridized carbons (Fsp3) is 0.190. The summed E-state index contributed by atoms with van der Waals surface area (Å²) in [4.78, 5) is 20.5. The number of aryl methyl sites for hydroxylation is 1. The van der Waals surface area contributed by atoms with Crippen molar-refractivity contribution in [1.29, 1.82) is 0 Å². The standard InChI is InChI=1S/C21H21N3O4/c1-14-13-17(27-2)24-20(23-14)28-18(19(25)26)21(22,15-9-5-3-6-10-15)16-11-7-4-8-12-16/h3-13,18H,22H2,1-2H3,(H,25,26). The van der Waals surface area contributed by atoms with Gasteiger partial charge in [-0.25, -0.2) is 9.78 Å². The van der Waals surface area contributed by atoms with E-state index in [0.717, 1.165) is 0 Å². The number of rotatable bonds is 7. The highest BCUT2D eigenvalue weighted by Gasteiger charge is 2.45. The molecular formula is C21H21N3O4. The van der Waals surface area contributed by atoms with E-state index >= 15 is 0 Å². The summed E-state index contributed by atoms with van der Waals surface area (Å²) in [7, 11) is 1.46. The van der Waals surface area contributed by atoms with Gasteiger partial charge >= 0.3 is 12.0 Å². The largest absolute Gasteiger partial charge is 0.481 e. The van der Waals surface area contributed by atoms with E-state index in [0.29, 0.717) is 16.8 Å². The Morgan fingerprint density at radius 3 is 2.04 bits per heavy atom. The van der Waals surface area contributed by atoms with Crippen molar-refractivity contribution in [3.05, 3.63) is 83.6 Å². The fourth-order valence-corrected chi connectivity index (χ4v) is 3.01. The van der Waals surface area contributed by atoms with Crippen molar-refractivity contribution in [3.63, 3.8) is 0 Å². The predicted molar refractivity (Wildman–Crippen MR) is 103 cm³/mol. The number of carbonyl (C=O) groups is 1. The molecule has 0 fully saturated rings. The smallest absolute Gasteiger partial charge is 0.347 e. The second-order valence-corrected chi connectivity index (χ2v) is 6.27. The van der Waals surface area contributed by atoms with Crippen LogP contribution in [0.1, 0.15) is 16.8 Å². The third kappa shape index (κ3) is 3.79. The molecule has 28 heavy (non-hydrogen) atoms. The zero-order valence-corrected chi connectivity index (χ0v) is 15.6. The Balaban J connectivity index is 2.13. The molecule has 7 nitrogen and oxygen atoms in total. The van der Waals surface area contributed by atoms with Crippen molar-refractivity contribution in [2.45, 2.75) is 18.6 Å². The molecule has 7 heteroatoms. The second-order valence-electron chi connectivity index (χ2n) is 6.27. The van der Waals surface area contributed by atoms with E-state index in [2.05, 4.69) is 9.97 Å². The normalized spacial score (nSPS) is 12.2. The van der Waals surface area contributed by atoms with E-state index in [1.54, 1.807) is 61.5 Å².